The van der Waals surface area contributed by atoms with Gasteiger partial charge in [0.1, 0.15) is 0 Å². The van der Waals surface area contributed by atoms with Gasteiger partial charge < -0.3 is 9.47 Å². The third-order valence-corrected chi connectivity index (χ3v) is 12.9. The van der Waals surface area contributed by atoms with E-state index in [9.17, 15) is 9.59 Å². The van der Waals surface area contributed by atoms with Gasteiger partial charge >= 0.3 is 11.9 Å². The maximum atomic E-state index is 12.8. The van der Waals surface area contributed by atoms with Crippen LogP contribution in [-0.4, -0.2) is 48.1 Å². The lowest BCUT2D eigenvalue weighted by molar-refractivity contribution is -0.696. The molecular weight excluding hydrogens is 707 g/mol. The molecule has 0 heterocycles. The van der Waals surface area contributed by atoms with Crippen LogP contribution in [0.15, 0.2) is 0 Å². The Kier molecular flexibility index (Phi) is 40.0. The van der Waals surface area contributed by atoms with E-state index in [0.717, 1.165) is 38.8 Å². The van der Waals surface area contributed by atoms with E-state index >= 15 is 0 Å². The predicted molar refractivity (Wildman–Crippen MR) is 241 cm³/mol. The van der Waals surface area contributed by atoms with Gasteiger partial charge in [-0.15, -0.1) is 0 Å². The molecule has 1 unspecified atom stereocenters. The molecule has 0 bridgehead atoms. The van der Waals surface area contributed by atoms with E-state index in [1.165, 1.54) is 220 Å². The quantitative estimate of drug-likeness (QED) is 0.0219. The summed E-state index contributed by atoms with van der Waals surface area (Å²) in [6.07, 6.45) is 48.3. The van der Waals surface area contributed by atoms with Crippen molar-refractivity contribution in [2.45, 2.75) is 251 Å². The number of unbranched alkanes of at least 4 members (excludes halogenated alkanes) is 34. The maximum absolute atomic E-state index is 12.8. The molecule has 0 radical (unpaired) electrons. The van der Waals surface area contributed by atoms with Gasteiger partial charge in [0.15, 0.2) is 5.92 Å². The summed E-state index contributed by atoms with van der Waals surface area (Å²) in [5.41, 5.74) is 0. The molecule has 0 aromatic rings. The molecule has 0 aromatic heterocycles. The molecule has 0 aliphatic heterocycles. The number of carbonyl (C=O) groups excluding carboxylic acids is 2. The number of nitrogens with zero attached hydrogens (tertiary/aromatic N) is 1. The van der Waals surface area contributed by atoms with Gasteiger partial charge in [0.05, 0.1) is 46.5 Å². The molecule has 0 aliphatic carbocycles. The van der Waals surface area contributed by atoms with Crippen molar-refractivity contribution in [1.29, 1.82) is 0 Å². The Morgan fingerprint density at radius 2 is 0.685 bits per heavy atom. The molecule has 0 saturated heterocycles. The average Bonchev–Trinajstić information content (AvgIpc) is 3.18. The summed E-state index contributed by atoms with van der Waals surface area (Å²) in [6.45, 7) is 6.12. The molecular formula is C47H92NO4S2+. The third kappa shape index (κ3) is 32.4. The number of thiocarbonyl (C=S) groups is 1. The van der Waals surface area contributed by atoms with Crippen LogP contribution in [0.5, 0.6) is 0 Å². The van der Waals surface area contributed by atoms with Crippen molar-refractivity contribution in [3.8, 4) is 0 Å². The fourth-order valence-corrected chi connectivity index (χ4v) is 8.62. The van der Waals surface area contributed by atoms with Crippen LogP contribution in [-0.2, 0) is 19.1 Å². The number of quaternary nitrogens is 1. The number of hydrogen-bond acceptors (Lipinski definition) is 6. The van der Waals surface area contributed by atoms with Gasteiger partial charge in [-0.1, -0.05) is 219 Å². The Bertz CT molecular complexity index is 814. The van der Waals surface area contributed by atoms with Gasteiger partial charge in [0.2, 0.25) is 4.99 Å². The largest absolute Gasteiger partial charge is 0.469 e. The zero-order chi connectivity index (χ0) is 39.8. The predicted octanol–water partition coefficient (Wildman–Crippen LogP) is 15.4. The van der Waals surface area contributed by atoms with Crippen molar-refractivity contribution >= 4 is 42.0 Å². The van der Waals surface area contributed by atoms with Crippen molar-refractivity contribution in [2.24, 2.45) is 5.92 Å². The second-order valence-electron chi connectivity index (χ2n) is 16.6. The van der Waals surface area contributed by atoms with Crippen molar-refractivity contribution in [3.05, 3.63) is 0 Å². The molecule has 1 atom stereocenters. The van der Waals surface area contributed by atoms with Gasteiger partial charge in [0, 0.05) is 0 Å². The van der Waals surface area contributed by atoms with Gasteiger partial charge in [0.25, 0.3) is 0 Å². The van der Waals surface area contributed by atoms with Crippen LogP contribution in [0.2, 0.25) is 0 Å². The lowest BCUT2D eigenvalue weighted by Crippen LogP contribution is -2.50. The number of rotatable bonds is 42. The molecule has 0 aliphatic rings. The number of ether oxygens (including phenoxy) is 2. The summed E-state index contributed by atoms with van der Waals surface area (Å²) in [6, 6.07) is 0. The highest BCUT2D eigenvalue weighted by Gasteiger charge is 2.41. The topological polar surface area (TPSA) is 52.6 Å². The van der Waals surface area contributed by atoms with E-state index < -0.39 is 17.9 Å². The molecule has 0 spiro atoms. The summed E-state index contributed by atoms with van der Waals surface area (Å²) in [5, 5.41) is 0. The lowest BCUT2D eigenvalue weighted by Gasteiger charge is -2.34. The zero-order valence-electron chi connectivity index (χ0n) is 36.6. The molecule has 54 heavy (non-hydrogen) atoms. The number of methoxy groups -OCH3 is 2. The highest BCUT2D eigenvalue weighted by molar-refractivity contribution is 7.82. The van der Waals surface area contributed by atoms with E-state index in [-0.39, 0.29) is 10.3 Å². The van der Waals surface area contributed by atoms with E-state index in [1.807, 2.05) is 0 Å². The Morgan fingerprint density at radius 3 is 0.907 bits per heavy atom. The number of thiol groups is 1. The standard InChI is InChI=1S/C47H92NO4S2/c1-5-7-9-11-13-15-17-19-21-23-25-27-29-31-33-35-37-39-41-48(54,46(53)44(47(50)52-4)43-45(49)51-3)42-40-38-36-34-32-30-28-26-24-22-20-18-16-14-12-10-8-6-2/h44,54H,5-43H2,1-4H3/q+1. The normalized spacial score (nSPS) is 12.2. The monoisotopic (exact) mass is 799 g/mol. The molecule has 0 amide bonds. The molecule has 0 saturated carbocycles. The van der Waals surface area contributed by atoms with Crippen LogP contribution < -0.4 is 0 Å². The summed E-state index contributed by atoms with van der Waals surface area (Å²) in [5.74, 6) is -1.74. The van der Waals surface area contributed by atoms with Gasteiger partial charge in [-0.3, -0.25) is 9.59 Å². The van der Waals surface area contributed by atoms with Crippen LogP contribution in [0, 0.1) is 5.92 Å². The molecule has 7 heteroatoms. The van der Waals surface area contributed by atoms with E-state index in [0.29, 0.717) is 4.99 Å². The average molecular weight is 799 g/mol. The van der Waals surface area contributed by atoms with Crippen molar-refractivity contribution in [1.82, 2.24) is 0 Å². The third-order valence-electron chi connectivity index (χ3n) is 11.6. The lowest BCUT2D eigenvalue weighted by atomic mass is 10.0. The van der Waals surface area contributed by atoms with Crippen LogP contribution in [0.4, 0.5) is 0 Å². The molecule has 0 N–H and O–H groups in total. The Hall–Kier alpha value is -0.660. The van der Waals surface area contributed by atoms with Crippen molar-refractivity contribution in [3.63, 3.8) is 0 Å². The van der Waals surface area contributed by atoms with Crippen molar-refractivity contribution < 1.29 is 23.0 Å². The first-order valence-electron chi connectivity index (χ1n) is 23.6. The molecule has 320 valence electrons. The van der Waals surface area contributed by atoms with Crippen LogP contribution >= 0.6 is 25.0 Å². The second-order valence-corrected chi connectivity index (χ2v) is 17.8. The first-order chi connectivity index (χ1) is 26.4. The molecule has 5 nitrogen and oxygen atoms in total. The zero-order valence-corrected chi connectivity index (χ0v) is 38.3. The van der Waals surface area contributed by atoms with Crippen LogP contribution in [0.25, 0.3) is 0 Å². The Labute approximate surface area is 348 Å². The number of esters is 2. The number of carbonyl (C=O) groups is 2. The fraction of sp³-hybridized carbons (Fsp3) is 0.936. The van der Waals surface area contributed by atoms with Crippen LogP contribution in [0.3, 0.4) is 0 Å². The van der Waals surface area contributed by atoms with Gasteiger partial charge in [-0.25, -0.2) is 3.89 Å². The van der Waals surface area contributed by atoms with E-state index in [4.69, 9.17) is 34.5 Å². The maximum Gasteiger partial charge on any atom is 0.320 e. The molecule has 0 fully saturated rings. The first kappa shape index (κ1) is 53.3. The highest BCUT2D eigenvalue weighted by Crippen LogP contribution is 2.27. The summed E-state index contributed by atoms with van der Waals surface area (Å²) >= 11 is 11.1. The summed E-state index contributed by atoms with van der Waals surface area (Å²) in [4.78, 5) is 25.5. The summed E-state index contributed by atoms with van der Waals surface area (Å²) < 4.78 is 10.2. The molecule has 0 aromatic carbocycles. The highest BCUT2D eigenvalue weighted by atomic mass is 32.1. The number of hydrogen-bond donors (Lipinski definition) is 1. The van der Waals surface area contributed by atoms with Crippen LogP contribution in [0.1, 0.15) is 251 Å². The van der Waals surface area contributed by atoms with E-state index in [2.05, 4.69) is 13.8 Å². The smallest absolute Gasteiger partial charge is 0.320 e. The molecule has 0 rings (SSSR count). The Balaban J connectivity index is 4.34. The minimum atomic E-state index is -0.818. The van der Waals surface area contributed by atoms with E-state index in [1.54, 1.807) is 0 Å². The fourth-order valence-electron chi connectivity index (χ4n) is 7.84. The first-order valence-corrected chi connectivity index (χ1v) is 24.5. The summed E-state index contributed by atoms with van der Waals surface area (Å²) in [7, 11) is 2.70. The van der Waals surface area contributed by atoms with Gasteiger partial charge in [-0.05, 0) is 37.9 Å². The minimum absolute atomic E-state index is 0.0964. The second kappa shape index (κ2) is 40.5. The SMILES string of the molecule is CCCCCCCCCCCCCCCCCCCC[N+](S)(CCCCCCCCCCCCCCCCCCCC)C(=S)C(CC(=O)OC)C(=O)OC. The minimum Gasteiger partial charge on any atom is -0.469 e. The van der Waals surface area contributed by atoms with Gasteiger partial charge in [-0.2, -0.15) is 0 Å². The van der Waals surface area contributed by atoms with Crippen molar-refractivity contribution in [2.75, 3.05) is 27.3 Å². The Morgan fingerprint density at radius 1 is 0.444 bits per heavy atom.